The number of hydrogen-bond donors (Lipinski definition) is 0. The van der Waals surface area contributed by atoms with Crippen LogP contribution in [0.15, 0.2) is 63.7 Å². The minimum Gasteiger partial charge on any atom is -0.406 e. The van der Waals surface area contributed by atoms with Crippen LogP contribution in [-0.4, -0.2) is 11.9 Å². The summed E-state index contributed by atoms with van der Waals surface area (Å²) >= 11 is 3.36. The standard InChI is InChI=1S/C17H11BrFNO2/c18-13-5-1-11(2-6-13)9-15-17(21)22-16(20-15)10-12-3-7-14(19)8-4-12/h1-9H,10H2/b15-9+. The van der Waals surface area contributed by atoms with Gasteiger partial charge in [-0.2, -0.15) is 0 Å². The molecule has 110 valence electrons. The second-order valence-electron chi connectivity index (χ2n) is 4.78. The lowest BCUT2D eigenvalue weighted by atomic mass is 10.1. The molecular weight excluding hydrogens is 349 g/mol. The summed E-state index contributed by atoms with van der Waals surface area (Å²) in [6.07, 6.45) is 2.02. The largest absolute Gasteiger partial charge is 0.406 e. The number of halogens is 2. The summed E-state index contributed by atoms with van der Waals surface area (Å²) in [5, 5.41) is 0. The number of nitrogens with zero attached hydrogens (tertiary/aromatic N) is 1. The average Bonchev–Trinajstić information content (AvgIpc) is 2.84. The second-order valence-corrected chi connectivity index (χ2v) is 5.70. The first-order chi connectivity index (χ1) is 10.6. The maximum Gasteiger partial charge on any atom is 0.363 e. The van der Waals surface area contributed by atoms with Crippen LogP contribution in [0.25, 0.3) is 6.08 Å². The molecule has 1 aliphatic heterocycles. The van der Waals surface area contributed by atoms with Gasteiger partial charge in [0.25, 0.3) is 0 Å². The number of ether oxygens (including phenoxy) is 1. The second kappa shape index (κ2) is 6.23. The first-order valence-electron chi connectivity index (χ1n) is 6.61. The van der Waals surface area contributed by atoms with Crippen molar-refractivity contribution in [1.29, 1.82) is 0 Å². The molecule has 2 aromatic carbocycles. The quantitative estimate of drug-likeness (QED) is 0.610. The van der Waals surface area contributed by atoms with Crippen molar-refractivity contribution >= 4 is 33.9 Å². The molecule has 0 fully saturated rings. The molecule has 22 heavy (non-hydrogen) atoms. The van der Waals surface area contributed by atoms with E-state index >= 15 is 0 Å². The lowest BCUT2D eigenvalue weighted by Crippen LogP contribution is -2.06. The first kappa shape index (κ1) is 14.7. The summed E-state index contributed by atoms with van der Waals surface area (Å²) < 4.78 is 19.0. The molecule has 0 spiro atoms. The molecule has 2 aromatic rings. The normalized spacial score (nSPS) is 15.8. The predicted molar refractivity (Wildman–Crippen MR) is 85.8 cm³/mol. The number of esters is 1. The molecule has 0 N–H and O–H groups in total. The highest BCUT2D eigenvalue weighted by atomic mass is 79.9. The highest BCUT2D eigenvalue weighted by Crippen LogP contribution is 2.19. The van der Waals surface area contributed by atoms with Gasteiger partial charge in [-0.15, -0.1) is 0 Å². The smallest absolute Gasteiger partial charge is 0.363 e. The summed E-state index contributed by atoms with van der Waals surface area (Å²) in [6.45, 7) is 0. The molecule has 5 heteroatoms. The molecule has 3 nitrogen and oxygen atoms in total. The molecule has 0 unspecified atom stereocenters. The van der Waals surface area contributed by atoms with Gasteiger partial charge in [0.2, 0.25) is 5.90 Å². The molecule has 0 radical (unpaired) electrons. The Bertz CT molecular complexity index is 764. The van der Waals surface area contributed by atoms with Crippen molar-refractivity contribution in [2.24, 2.45) is 4.99 Å². The third-order valence-corrected chi connectivity index (χ3v) is 3.64. The van der Waals surface area contributed by atoms with Crippen LogP contribution in [-0.2, 0) is 16.0 Å². The van der Waals surface area contributed by atoms with Crippen LogP contribution in [0.3, 0.4) is 0 Å². The summed E-state index contributed by atoms with van der Waals surface area (Å²) in [7, 11) is 0. The fourth-order valence-corrected chi connectivity index (χ4v) is 2.29. The number of hydrogen-bond acceptors (Lipinski definition) is 3. The minimum absolute atomic E-state index is 0.263. The number of carbonyl (C=O) groups is 1. The number of aliphatic imine (C=N–C) groups is 1. The monoisotopic (exact) mass is 359 g/mol. The fourth-order valence-electron chi connectivity index (χ4n) is 2.02. The number of rotatable bonds is 3. The van der Waals surface area contributed by atoms with E-state index < -0.39 is 5.97 Å². The third kappa shape index (κ3) is 3.49. The van der Waals surface area contributed by atoms with E-state index in [4.69, 9.17) is 4.74 Å². The average molecular weight is 360 g/mol. The van der Waals surface area contributed by atoms with Crippen molar-refractivity contribution in [2.45, 2.75) is 6.42 Å². The lowest BCUT2D eigenvalue weighted by molar-refractivity contribution is -0.130. The van der Waals surface area contributed by atoms with E-state index in [0.717, 1.165) is 15.6 Å². The zero-order valence-electron chi connectivity index (χ0n) is 11.4. The Kier molecular flexibility index (Phi) is 4.15. The highest BCUT2D eigenvalue weighted by molar-refractivity contribution is 9.10. The van der Waals surface area contributed by atoms with E-state index in [-0.39, 0.29) is 11.5 Å². The topological polar surface area (TPSA) is 38.7 Å². The Labute approximate surface area is 135 Å². The molecule has 1 aliphatic rings. The third-order valence-electron chi connectivity index (χ3n) is 3.11. The van der Waals surface area contributed by atoms with Gasteiger partial charge in [-0.1, -0.05) is 40.2 Å². The van der Waals surface area contributed by atoms with E-state index in [0.29, 0.717) is 12.3 Å². The van der Waals surface area contributed by atoms with Gasteiger partial charge < -0.3 is 4.74 Å². The predicted octanol–water partition coefficient (Wildman–Crippen LogP) is 4.13. The van der Waals surface area contributed by atoms with Gasteiger partial charge in [0.1, 0.15) is 5.82 Å². The molecule has 1 heterocycles. The Hall–Kier alpha value is -2.27. The van der Waals surface area contributed by atoms with Crippen molar-refractivity contribution in [3.8, 4) is 0 Å². The minimum atomic E-state index is -0.472. The highest BCUT2D eigenvalue weighted by Gasteiger charge is 2.22. The van der Waals surface area contributed by atoms with Gasteiger partial charge in [0, 0.05) is 10.9 Å². The van der Waals surface area contributed by atoms with Gasteiger partial charge in [0.05, 0.1) is 0 Å². The summed E-state index contributed by atoms with van der Waals surface area (Å²) in [4.78, 5) is 16.0. The SMILES string of the molecule is O=C1OC(Cc2ccc(F)cc2)=N/C1=C/c1ccc(Br)cc1. The fraction of sp³-hybridized carbons (Fsp3) is 0.0588. The van der Waals surface area contributed by atoms with Crippen molar-refractivity contribution in [1.82, 2.24) is 0 Å². The zero-order valence-corrected chi connectivity index (χ0v) is 13.0. The van der Waals surface area contributed by atoms with E-state index in [2.05, 4.69) is 20.9 Å². The van der Waals surface area contributed by atoms with Crippen LogP contribution in [0, 0.1) is 5.82 Å². The zero-order chi connectivity index (χ0) is 15.5. The van der Waals surface area contributed by atoms with E-state index in [1.807, 2.05) is 24.3 Å². The molecular formula is C17H11BrFNO2. The molecule has 3 rings (SSSR count). The maximum atomic E-state index is 12.9. The Balaban J connectivity index is 1.79. The lowest BCUT2D eigenvalue weighted by Gasteiger charge is -1.99. The number of carbonyl (C=O) groups excluding carboxylic acids is 1. The molecule has 0 bridgehead atoms. The summed E-state index contributed by atoms with van der Waals surface area (Å²) in [6, 6.07) is 13.5. The van der Waals surface area contributed by atoms with Gasteiger partial charge in [-0.25, -0.2) is 14.2 Å². The van der Waals surface area contributed by atoms with Gasteiger partial charge >= 0.3 is 5.97 Å². The van der Waals surface area contributed by atoms with Crippen LogP contribution >= 0.6 is 15.9 Å². The van der Waals surface area contributed by atoms with E-state index in [1.54, 1.807) is 18.2 Å². The van der Waals surface area contributed by atoms with E-state index in [9.17, 15) is 9.18 Å². The maximum absolute atomic E-state index is 12.9. The van der Waals surface area contributed by atoms with Crippen LogP contribution in [0.4, 0.5) is 4.39 Å². The van der Waals surface area contributed by atoms with Crippen molar-refractivity contribution in [2.75, 3.05) is 0 Å². The van der Waals surface area contributed by atoms with E-state index in [1.165, 1.54) is 12.1 Å². The Morgan fingerprint density at radius 3 is 2.45 bits per heavy atom. The molecule has 0 saturated carbocycles. The van der Waals surface area contributed by atoms with Crippen LogP contribution in [0.2, 0.25) is 0 Å². The summed E-state index contributed by atoms with van der Waals surface area (Å²) in [5.41, 5.74) is 1.96. The number of cyclic esters (lactones) is 1. The molecule has 0 aromatic heterocycles. The van der Waals surface area contributed by atoms with Crippen molar-refractivity contribution in [3.05, 3.63) is 75.6 Å². The van der Waals surface area contributed by atoms with Gasteiger partial charge in [-0.05, 0) is 41.5 Å². The molecule has 0 aliphatic carbocycles. The van der Waals surface area contributed by atoms with Crippen LogP contribution in [0.1, 0.15) is 11.1 Å². The van der Waals surface area contributed by atoms with Crippen molar-refractivity contribution in [3.63, 3.8) is 0 Å². The Morgan fingerprint density at radius 2 is 1.77 bits per heavy atom. The molecule has 0 atom stereocenters. The Morgan fingerprint density at radius 1 is 1.09 bits per heavy atom. The molecule has 0 saturated heterocycles. The van der Waals surface area contributed by atoms with Crippen LogP contribution in [0.5, 0.6) is 0 Å². The summed E-state index contributed by atoms with van der Waals surface area (Å²) in [5.74, 6) is -0.454. The first-order valence-corrected chi connectivity index (χ1v) is 7.41. The van der Waals surface area contributed by atoms with Crippen molar-refractivity contribution < 1.29 is 13.9 Å². The van der Waals surface area contributed by atoms with Gasteiger partial charge in [0.15, 0.2) is 5.70 Å². The molecule has 0 amide bonds. The van der Waals surface area contributed by atoms with Gasteiger partial charge in [-0.3, -0.25) is 0 Å². The van der Waals surface area contributed by atoms with Crippen LogP contribution < -0.4 is 0 Å². The number of benzene rings is 2.